The quantitative estimate of drug-likeness (QED) is 0.338. The van der Waals surface area contributed by atoms with E-state index in [9.17, 15) is 9.90 Å². The molecule has 1 N–H and O–H groups in total. The van der Waals surface area contributed by atoms with E-state index in [4.69, 9.17) is 32.7 Å². The monoisotopic (exact) mass is 513 g/mol. The first-order chi connectivity index (χ1) is 17.0. The molecule has 1 aliphatic heterocycles. The third kappa shape index (κ3) is 6.10. The van der Waals surface area contributed by atoms with E-state index in [0.717, 1.165) is 29.7 Å². The third-order valence-corrected chi connectivity index (χ3v) is 7.10. The molecule has 0 saturated carbocycles. The van der Waals surface area contributed by atoms with E-state index in [1.54, 1.807) is 6.07 Å². The Hall–Kier alpha value is -2.73. The van der Waals surface area contributed by atoms with Crippen LogP contribution in [0.5, 0.6) is 11.5 Å². The second-order valence-electron chi connectivity index (χ2n) is 8.63. The van der Waals surface area contributed by atoms with Crippen LogP contribution in [0, 0.1) is 5.92 Å². The van der Waals surface area contributed by atoms with Gasteiger partial charge in [0.15, 0.2) is 11.5 Å². The molecule has 5 nitrogen and oxygen atoms in total. The Balaban J connectivity index is 1.71. The summed E-state index contributed by atoms with van der Waals surface area (Å²) in [6.45, 7) is 4.03. The maximum absolute atomic E-state index is 11.8. The fourth-order valence-electron chi connectivity index (χ4n) is 4.58. The number of hydrogen-bond acceptors (Lipinski definition) is 4. The normalized spacial score (nSPS) is 17.1. The van der Waals surface area contributed by atoms with Gasteiger partial charge >= 0.3 is 5.97 Å². The minimum absolute atomic E-state index is 0.272. The summed E-state index contributed by atoms with van der Waals surface area (Å²) in [5, 5.41) is 10.6. The predicted molar refractivity (Wildman–Crippen MR) is 139 cm³/mol. The highest BCUT2D eigenvalue weighted by Gasteiger charge is 2.33. The second-order valence-corrected chi connectivity index (χ2v) is 9.42. The summed E-state index contributed by atoms with van der Waals surface area (Å²) in [7, 11) is 0. The molecule has 7 heteroatoms. The first-order valence-electron chi connectivity index (χ1n) is 11.8. The lowest BCUT2D eigenvalue weighted by molar-refractivity contribution is -0.143. The zero-order valence-corrected chi connectivity index (χ0v) is 21.1. The van der Waals surface area contributed by atoms with Gasteiger partial charge in [0.05, 0.1) is 28.6 Å². The van der Waals surface area contributed by atoms with Crippen molar-refractivity contribution in [2.45, 2.75) is 32.4 Å². The van der Waals surface area contributed by atoms with Crippen LogP contribution < -0.4 is 9.47 Å². The number of carboxylic acid groups (broad SMARTS) is 1. The van der Waals surface area contributed by atoms with Gasteiger partial charge in [0.25, 0.3) is 0 Å². The van der Waals surface area contributed by atoms with E-state index in [1.807, 2.05) is 67.6 Å². The average Bonchev–Trinajstić information content (AvgIpc) is 2.87. The molecule has 0 amide bonds. The Kier molecular flexibility index (Phi) is 8.55. The lowest BCUT2D eigenvalue weighted by atomic mass is 9.91. The molecular formula is C28H29Cl2NO4. The first-order valence-corrected chi connectivity index (χ1v) is 12.6. The molecule has 0 spiro atoms. The van der Waals surface area contributed by atoms with Crippen LogP contribution in [0.1, 0.15) is 42.5 Å². The third-order valence-electron chi connectivity index (χ3n) is 6.26. The Bertz CT molecular complexity index is 1150. The summed E-state index contributed by atoms with van der Waals surface area (Å²) in [6.07, 6.45) is 1.46. The summed E-state index contributed by atoms with van der Waals surface area (Å²) in [5.74, 6) is 0.0858. The van der Waals surface area contributed by atoms with Gasteiger partial charge in [-0.2, -0.15) is 0 Å². The Morgan fingerprint density at radius 1 is 1.06 bits per heavy atom. The molecule has 0 bridgehead atoms. The van der Waals surface area contributed by atoms with Gasteiger partial charge in [-0.3, -0.25) is 9.69 Å². The number of nitrogens with zero attached hydrogens (tertiary/aromatic N) is 1. The van der Waals surface area contributed by atoms with Gasteiger partial charge in [-0.25, -0.2) is 0 Å². The number of carbonyl (C=O) groups is 1. The highest BCUT2D eigenvalue weighted by molar-refractivity contribution is 6.42. The summed E-state index contributed by atoms with van der Waals surface area (Å²) in [6, 6.07) is 21.1. The highest BCUT2D eigenvalue weighted by atomic mass is 35.5. The summed E-state index contributed by atoms with van der Waals surface area (Å²) < 4.78 is 12.0. The molecule has 0 radical (unpaired) electrons. The SMILES string of the molecule is CCOc1cc(C(c2cccc(Cl)c2Cl)N2CCCC(C(=O)O)C2)ccc1OCc1ccccc1. The van der Waals surface area contributed by atoms with Gasteiger partial charge in [0, 0.05) is 6.54 Å². The van der Waals surface area contributed by atoms with Gasteiger partial charge in [0.1, 0.15) is 6.61 Å². The second kappa shape index (κ2) is 11.8. The molecule has 3 aromatic carbocycles. The summed E-state index contributed by atoms with van der Waals surface area (Å²) >= 11 is 13.1. The van der Waals surface area contributed by atoms with Crippen LogP contribution in [0.2, 0.25) is 10.0 Å². The fourth-order valence-corrected chi connectivity index (χ4v) is 4.99. The molecule has 1 fully saturated rings. The number of rotatable bonds is 9. The van der Waals surface area contributed by atoms with Crippen LogP contribution in [0.25, 0.3) is 0 Å². The van der Waals surface area contributed by atoms with Crippen molar-refractivity contribution in [3.63, 3.8) is 0 Å². The van der Waals surface area contributed by atoms with Crippen LogP contribution in [0.4, 0.5) is 0 Å². The fraction of sp³-hybridized carbons (Fsp3) is 0.321. The molecule has 1 aliphatic rings. The maximum Gasteiger partial charge on any atom is 0.307 e. The molecule has 184 valence electrons. The lowest BCUT2D eigenvalue weighted by Crippen LogP contribution is -2.41. The van der Waals surface area contributed by atoms with Gasteiger partial charge < -0.3 is 14.6 Å². The Morgan fingerprint density at radius 2 is 1.86 bits per heavy atom. The van der Waals surface area contributed by atoms with Crippen molar-refractivity contribution in [1.29, 1.82) is 0 Å². The molecule has 1 saturated heterocycles. The molecule has 3 aromatic rings. The summed E-state index contributed by atoms with van der Waals surface area (Å²) in [5.41, 5.74) is 2.84. The van der Waals surface area contributed by atoms with Crippen LogP contribution >= 0.6 is 23.2 Å². The largest absolute Gasteiger partial charge is 0.490 e. The van der Waals surface area contributed by atoms with Crippen molar-refractivity contribution in [2.24, 2.45) is 5.92 Å². The molecule has 1 heterocycles. The lowest BCUT2D eigenvalue weighted by Gasteiger charge is -2.38. The smallest absolute Gasteiger partial charge is 0.307 e. The van der Waals surface area contributed by atoms with E-state index in [2.05, 4.69) is 4.90 Å². The Morgan fingerprint density at radius 3 is 2.60 bits per heavy atom. The van der Waals surface area contributed by atoms with Crippen LogP contribution in [0.15, 0.2) is 66.7 Å². The zero-order chi connectivity index (χ0) is 24.8. The molecule has 0 aromatic heterocycles. The van der Waals surface area contributed by atoms with E-state index >= 15 is 0 Å². The molecule has 35 heavy (non-hydrogen) atoms. The summed E-state index contributed by atoms with van der Waals surface area (Å²) in [4.78, 5) is 14.0. The van der Waals surface area contributed by atoms with Crippen molar-refractivity contribution < 1.29 is 19.4 Å². The minimum Gasteiger partial charge on any atom is -0.490 e. The Labute approximate surface area is 216 Å². The highest BCUT2D eigenvalue weighted by Crippen LogP contribution is 2.41. The number of carboxylic acids is 1. The van der Waals surface area contributed by atoms with Crippen molar-refractivity contribution in [3.05, 3.63) is 93.5 Å². The molecule has 2 unspecified atom stereocenters. The predicted octanol–water partition coefficient (Wildman–Crippen LogP) is 6.86. The average molecular weight is 514 g/mol. The standard InChI is InChI=1S/C28H29Cl2NO4/c1-2-34-25-16-20(13-14-24(25)35-18-19-8-4-3-5-9-19)27(22-11-6-12-23(29)26(22)30)31-15-7-10-21(17-31)28(32)33/h3-6,8-9,11-14,16,21,27H,2,7,10,15,17-18H2,1H3,(H,32,33). The van der Waals surface area contributed by atoms with Gasteiger partial charge in [-0.05, 0) is 61.2 Å². The van der Waals surface area contributed by atoms with Gasteiger partial charge in [-0.15, -0.1) is 0 Å². The zero-order valence-electron chi connectivity index (χ0n) is 19.6. The molecule has 0 aliphatic carbocycles. The first kappa shape index (κ1) is 25.4. The van der Waals surface area contributed by atoms with Crippen molar-refractivity contribution >= 4 is 29.2 Å². The number of aliphatic carboxylic acids is 1. The topological polar surface area (TPSA) is 59.0 Å². The number of piperidine rings is 1. The van der Waals surface area contributed by atoms with Gasteiger partial charge in [0.2, 0.25) is 0 Å². The van der Waals surface area contributed by atoms with E-state index in [-0.39, 0.29) is 6.04 Å². The number of hydrogen-bond donors (Lipinski definition) is 1. The number of likely N-dealkylation sites (tertiary alicyclic amines) is 1. The van der Waals surface area contributed by atoms with E-state index in [0.29, 0.717) is 47.7 Å². The maximum atomic E-state index is 11.8. The van der Waals surface area contributed by atoms with Gasteiger partial charge in [-0.1, -0.05) is 71.7 Å². The van der Waals surface area contributed by atoms with Crippen molar-refractivity contribution in [3.8, 4) is 11.5 Å². The number of benzene rings is 3. The molecular weight excluding hydrogens is 485 g/mol. The minimum atomic E-state index is -0.773. The molecule has 2 atom stereocenters. The number of halogens is 2. The van der Waals surface area contributed by atoms with E-state index < -0.39 is 11.9 Å². The molecule has 4 rings (SSSR count). The van der Waals surface area contributed by atoms with E-state index in [1.165, 1.54) is 0 Å². The van der Waals surface area contributed by atoms with Crippen LogP contribution in [-0.4, -0.2) is 35.7 Å². The van der Waals surface area contributed by atoms with Crippen LogP contribution in [0.3, 0.4) is 0 Å². The number of ether oxygens (including phenoxy) is 2. The van der Waals surface area contributed by atoms with Crippen molar-refractivity contribution in [1.82, 2.24) is 4.90 Å². The van der Waals surface area contributed by atoms with Crippen LogP contribution in [-0.2, 0) is 11.4 Å². The van der Waals surface area contributed by atoms with Crippen molar-refractivity contribution in [2.75, 3.05) is 19.7 Å².